The van der Waals surface area contributed by atoms with Crippen LogP contribution in [0.3, 0.4) is 0 Å². The van der Waals surface area contributed by atoms with Crippen LogP contribution in [0.5, 0.6) is 5.75 Å². The normalized spacial score (nSPS) is 10.4. The number of hydrogen-bond acceptors (Lipinski definition) is 4. The first-order valence-corrected chi connectivity index (χ1v) is 6.52. The van der Waals surface area contributed by atoms with Gasteiger partial charge in [0.1, 0.15) is 12.4 Å². The summed E-state index contributed by atoms with van der Waals surface area (Å²) >= 11 is 0. The van der Waals surface area contributed by atoms with E-state index in [1.54, 1.807) is 12.1 Å². The SMILES string of the molecule is O=C(O)c1cccc(OCCNCCCCCO)c1. The van der Waals surface area contributed by atoms with Crippen molar-refractivity contribution in [2.45, 2.75) is 19.3 Å². The van der Waals surface area contributed by atoms with Crippen molar-refractivity contribution >= 4 is 5.97 Å². The molecule has 19 heavy (non-hydrogen) atoms. The molecule has 0 spiro atoms. The lowest BCUT2D eigenvalue weighted by atomic mass is 10.2. The highest BCUT2D eigenvalue weighted by Crippen LogP contribution is 2.12. The van der Waals surface area contributed by atoms with E-state index in [9.17, 15) is 4.79 Å². The molecule has 0 aliphatic rings. The van der Waals surface area contributed by atoms with Crippen LogP contribution in [-0.4, -0.2) is 42.5 Å². The average Bonchev–Trinajstić information content (AvgIpc) is 2.42. The van der Waals surface area contributed by atoms with E-state index in [0.717, 1.165) is 32.4 Å². The molecule has 0 aliphatic carbocycles. The Morgan fingerprint density at radius 3 is 2.79 bits per heavy atom. The number of carboxylic acid groups (broad SMARTS) is 1. The van der Waals surface area contributed by atoms with E-state index < -0.39 is 5.97 Å². The standard InChI is InChI=1S/C14H21NO4/c16-9-3-1-2-7-15-8-10-19-13-6-4-5-12(11-13)14(17)18/h4-6,11,15-16H,1-3,7-10H2,(H,17,18). The number of nitrogens with one attached hydrogen (secondary N) is 1. The summed E-state index contributed by atoms with van der Waals surface area (Å²) in [5, 5.41) is 20.7. The Balaban J connectivity index is 2.12. The van der Waals surface area contributed by atoms with Crippen LogP contribution in [0.2, 0.25) is 0 Å². The first-order chi connectivity index (χ1) is 9.24. The van der Waals surface area contributed by atoms with Crippen molar-refractivity contribution in [2.75, 3.05) is 26.3 Å². The summed E-state index contributed by atoms with van der Waals surface area (Å²) in [5.74, 6) is -0.380. The molecule has 5 nitrogen and oxygen atoms in total. The maximum absolute atomic E-state index is 10.8. The molecule has 0 unspecified atom stereocenters. The van der Waals surface area contributed by atoms with Crippen LogP contribution in [0.1, 0.15) is 29.6 Å². The molecule has 1 rings (SSSR count). The summed E-state index contributed by atoms with van der Waals surface area (Å²) in [5.41, 5.74) is 0.231. The number of unbranched alkanes of at least 4 members (excludes halogenated alkanes) is 2. The lowest BCUT2D eigenvalue weighted by molar-refractivity contribution is 0.0696. The Morgan fingerprint density at radius 1 is 1.21 bits per heavy atom. The number of carbonyl (C=O) groups is 1. The number of aliphatic hydroxyl groups excluding tert-OH is 1. The highest BCUT2D eigenvalue weighted by atomic mass is 16.5. The molecule has 1 aromatic carbocycles. The second-order valence-corrected chi connectivity index (χ2v) is 4.22. The highest BCUT2D eigenvalue weighted by molar-refractivity contribution is 5.87. The second-order valence-electron chi connectivity index (χ2n) is 4.22. The monoisotopic (exact) mass is 267 g/mol. The highest BCUT2D eigenvalue weighted by Gasteiger charge is 2.03. The van der Waals surface area contributed by atoms with Gasteiger partial charge in [0.2, 0.25) is 0 Å². The topological polar surface area (TPSA) is 78.8 Å². The molecule has 0 saturated heterocycles. The van der Waals surface area contributed by atoms with Gasteiger partial charge in [-0.25, -0.2) is 4.79 Å². The zero-order valence-electron chi connectivity index (χ0n) is 11.0. The molecular weight excluding hydrogens is 246 g/mol. The van der Waals surface area contributed by atoms with E-state index in [0.29, 0.717) is 12.4 Å². The van der Waals surface area contributed by atoms with E-state index >= 15 is 0 Å². The zero-order chi connectivity index (χ0) is 13.9. The minimum absolute atomic E-state index is 0.231. The largest absolute Gasteiger partial charge is 0.492 e. The number of hydrogen-bond donors (Lipinski definition) is 3. The lowest BCUT2D eigenvalue weighted by Crippen LogP contribution is -2.22. The number of ether oxygens (including phenoxy) is 1. The average molecular weight is 267 g/mol. The zero-order valence-corrected chi connectivity index (χ0v) is 11.0. The molecule has 0 radical (unpaired) electrons. The molecule has 5 heteroatoms. The molecule has 1 aromatic rings. The van der Waals surface area contributed by atoms with Crippen molar-refractivity contribution in [3.63, 3.8) is 0 Å². The fourth-order valence-electron chi connectivity index (χ4n) is 1.62. The van der Waals surface area contributed by atoms with E-state index in [4.69, 9.17) is 14.9 Å². The van der Waals surface area contributed by atoms with Crippen LogP contribution in [0.25, 0.3) is 0 Å². The summed E-state index contributed by atoms with van der Waals surface area (Å²) in [7, 11) is 0. The maximum Gasteiger partial charge on any atom is 0.335 e. The summed E-state index contributed by atoms with van der Waals surface area (Å²) in [6.07, 6.45) is 2.90. The van der Waals surface area contributed by atoms with E-state index in [-0.39, 0.29) is 12.2 Å². The Morgan fingerprint density at radius 2 is 2.05 bits per heavy atom. The van der Waals surface area contributed by atoms with Gasteiger partial charge in [-0.1, -0.05) is 6.07 Å². The molecule has 0 aliphatic heterocycles. The first-order valence-electron chi connectivity index (χ1n) is 6.52. The minimum atomic E-state index is -0.951. The molecule has 0 saturated carbocycles. The van der Waals surface area contributed by atoms with Crippen LogP contribution in [0.4, 0.5) is 0 Å². The number of aromatic carboxylic acids is 1. The van der Waals surface area contributed by atoms with Crippen molar-refractivity contribution in [1.29, 1.82) is 0 Å². The molecule has 0 heterocycles. The third kappa shape index (κ3) is 6.79. The van der Waals surface area contributed by atoms with E-state index in [1.807, 2.05) is 0 Å². The first kappa shape index (κ1) is 15.5. The van der Waals surface area contributed by atoms with Crippen molar-refractivity contribution < 1.29 is 19.7 Å². The summed E-state index contributed by atoms with van der Waals surface area (Å²) in [6.45, 7) is 2.38. The quantitative estimate of drug-likeness (QED) is 0.560. The number of rotatable bonds is 10. The third-order valence-corrected chi connectivity index (χ3v) is 2.64. The predicted octanol–water partition coefficient (Wildman–Crippen LogP) is 1.52. The van der Waals surface area contributed by atoms with Crippen molar-refractivity contribution in [3.05, 3.63) is 29.8 Å². The fourth-order valence-corrected chi connectivity index (χ4v) is 1.62. The van der Waals surface area contributed by atoms with Gasteiger partial charge in [0.25, 0.3) is 0 Å². The van der Waals surface area contributed by atoms with Gasteiger partial charge in [-0.2, -0.15) is 0 Å². The predicted molar refractivity (Wildman–Crippen MR) is 72.7 cm³/mol. The van der Waals surface area contributed by atoms with Gasteiger partial charge in [-0.3, -0.25) is 0 Å². The van der Waals surface area contributed by atoms with E-state index in [1.165, 1.54) is 12.1 Å². The van der Waals surface area contributed by atoms with Gasteiger partial charge in [0, 0.05) is 13.2 Å². The molecule has 106 valence electrons. The van der Waals surface area contributed by atoms with Gasteiger partial charge in [0.05, 0.1) is 5.56 Å². The van der Waals surface area contributed by atoms with Gasteiger partial charge >= 0.3 is 5.97 Å². The summed E-state index contributed by atoms with van der Waals surface area (Å²) in [4.78, 5) is 10.8. The Hall–Kier alpha value is -1.59. The third-order valence-electron chi connectivity index (χ3n) is 2.64. The van der Waals surface area contributed by atoms with Crippen molar-refractivity contribution in [1.82, 2.24) is 5.32 Å². The number of carboxylic acids is 1. The van der Waals surface area contributed by atoms with Crippen LogP contribution >= 0.6 is 0 Å². The summed E-state index contributed by atoms with van der Waals surface area (Å²) in [6, 6.07) is 6.47. The summed E-state index contributed by atoms with van der Waals surface area (Å²) < 4.78 is 5.46. The van der Waals surface area contributed by atoms with Crippen LogP contribution in [0, 0.1) is 0 Å². The van der Waals surface area contributed by atoms with Gasteiger partial charge in [0.15, 0.2) is 0 Å². The molecule has 3 N–H and O–H groups in total. The van der Waals surface area contributed by atoms with Gasteiger partial charge < -0.3 is 20.3 Å². The van der Waals surface area contributed by atoms with Gasteiger partial charge in [-0.05, 0) is 44.0 Å². The minimum Gasteiger partial charge on any atom is -0.492 e. The lowest BCUT2D eigenvalue weighted by Gasteiger charge is -2.08. The molecule has 0 aromatic heterocycles. The van der Waals surface area contributed by atoms with Crippen molar-refractivity contribution in [3.8, 4) is 5.75 Å². The number of aliphatic hydroxyl groups is 1. The molecule has 0 atom stereocenters. The maximum atomic E-state index is 10.8. The van der Waals surface area contributed by atoms with Crippen LogP contribution in [-0.2, 0) is 0 Å². The smallest absolute Gasteiger partial charge is 0.335 e. The van der Waals surface area contributed by atoms with Crippen LogP contribution in [0.15, 0.2) is 24.3 Å². The van der Waals surface area contributed by atoms with Gasteiger partial charge in [-0.15, -0.1) is 0 Å². The number of benzene rings is 1. The Bertz CT molecular complexity index is 381. The molecule has 0 amide bonds. The Kier molecular flexibility index (Phi) is 7.62. The molecule has 0 fully saturated rings. The van der Waals surface area contributed by atoms with E-state index in [2.05, 4.69) is 5.32 Å². The molecular formula is C14H21NO4. The van der Waals surface area contributed by atoms with Crippen molar-refractivity contribution in [2.24, 2.45) is 0 Å². The Labute approximate surface area is 113 Å². The fraction of sp³-hybridized carbons (Fsp3) is 0.500. The second kappa shape index (κ2) is 9.35. The van der Waals surface area contributed by atoms with Crippen LogP contribution < -0.4 is 10.1 Å². The molecule has 0 bridgehead atoms.